The van der Waals surface area contributed by atoms with Crippen LogP contribution in [0.25, 0.3) is 0 Å². The van der Waals surface area contributed by atoms with E-state index >= 15 is 0 Å². The number of aromatic nitrogens is 2. The molecule has 1 aliphatic rings. The fourth-order valence-electron chi connectivity index (χ4n) is 1.83. The number of hydrogen-bond acceptors (Lipinski definition) is 4. The molecule has 96 valence electrons. The Kier molecular flexibility index (Phi) is 3.66. The molecule has 1 atom stereocenters. The number of hydrogen-bond donors (Lipinski definition) is 1. The summed E-state index contributed by atoms with van der Waals surface area (Å²) in [4.78, 5) is 4.00. The minimum Gasteiger partial charge on any atom is -0.338 e. The lowest BCUT2D eigenvalue weighted by atomic mass is 10.1. The van der Waals surface area contributed by atoms with Gasteiger partial charge in [0.2, 0.25) is 5.89 Å². The third kappa shape index (κ3) is 3.69. The smallest absolute Gasteiger partial charge is 0.338 e. The van der Waals surface area contributed by atoms with Gasteiger partial charge in [0.1, 0.15) is 0 Å². The summed E-state index contributed by atoms with van der Waals surface area (Å²) in [6, 6.07) is -0.00381. The van der Waals surface area contributed by atoms with Gasteiger partial charge in [-0.15, -0.1) is 0 Å². The van der Waals surface area contributed by atoms with Crippen LogP contribution in [0.15, 0.2) is 4.52 Å². The maximum absolute atomic E-state index is 12.0. The average Bonchev–Trinajstić information content (AvgIpc) is 2.75. The highest BCUT2D eigenvalue weighted by atomic mass is 19.4. The quantitative estimate of drug-likeness (QED) is 0.893. The molecule has 0 bridgehead atoms. The standard InChI is InChI=1S/C10H14F3N3O/c11-10(12,13)5-4-8-15-9(17-16-8)7-3-1-2-6-14-7/h7,14H,1-6H2/t7-/m0/s1. The second-order valence-electron chi connectivity index (χ2n) is 4.17. The molecule has 0 aliphatic carbocycles. The highest BCUT2D eigenvalue weighted by Gasteiger charge is 2.28. The zero-order valence-corrected chi connectivity index (χ0v) is 9.26. The monoisotopic (exact) mass is 249 g/mol. The van der Waals surface area contributed by atoms with Crippen LogP contribution in [0.5, 0.6) is 0 Å². The number of aryl methyl sites for hydroxylation is 1. The molecule has 0 unspecified atom stereocenters. The molecular formula is C10H14F3N3O. The third-order valence-corrected chi connectivity index (χ3v) is 2.72. The summed E-state index contributed by atoms with van der Waals surface area (Å²) < 4.78 is 41.0. The van der Waals surface area contributed by atoms with Crippen LogP contribution in [-0.4, -0.2) is 22.9 Å². The van der Waals surface area contributed by atoms with Crippen LogP contribution in [0.3, 0.4) is 0 Å². The van der Waals surface area contributed by atoms with Gasteiger partial charge >= 0.3 is 6.18 Å². The maximum Gasteiger partial charge on any atom is 0.389 e. The molecule has 1 aromatic heterocycles. The van der Waals surface area contributed by atoms with Crippen molar-refractivity contribution in [2.75, 3.05) is 6.54 Å². The fraction of sp³-hybridized carbons (Fsp3) is 0.800. The first kappa shape index (κ1) is 12.3. The predicted octanol–water partition coefficient (Wildman–Crippen LogP) is 2.38. The predicted molar refractivity (Wildman–Crippen MR) is 53.3 cm³/mol. The van der Waals surface area contributed by atoms with Crippen LogP contribution in [0.4, 0.5) is 13.2 Å². The molecule has 1 aromatic rings. The van der Waals surface area contributed by atoms with Gasteiger partial charge in [-0.25, -0.2) is 0 Å². The lowest BCUT2D eigenvalue weighted by Gasteiger charge is -2.19. The summed E-state index contributed by atoms with van der Waals surface area (Å²) in [6.45, 7) is 0.880. The molecule has 0 saturated carbocycles. The lowest BCUT2D eigenvalue weighted by Crippen LogP contribution is -2.27. The molecule has 1 N–H and O–H groups in total. The molecular weight excluding hydrogens is 235 g/mol. The van der Waals surface area contributed by atoms with Crippen LogP contribution >= 0.6 is 0 Å². The van der Waals surface area contributed by atoms with Crippen LogP contribution in [0.1, 0.15) is 43.4 Å². The van der Waals surface area contributed by atoms with Crippen LogP contribution < -0.4 is 5.32 Å². The molecule has 0 radical (unpaired) electrons. The van der Waals surface area contributed by atoms with E-state index in [-0.39, 0.29) is 18.3 Å². The van der Waals surface area contributed by atoms with Crippen molar-refractivity contribution in [3.05, 3.63) is 11.7 Å². The van der Waals surface area contributed by atoms with Crippen molar-refractivity contribution < 1.29 is 17.7 Å². The van der Waals surface area contributed by atoms with Gasteiger partial charge in [0.15, 0.2) is 5.82 Å². The summed E-state index contributed by atoms with van der Waals surface area (Å²) >= 11 is 0. The van der Waals surface area contributed by atoms with E-state index in [2.05, 4.69) is 15.5 Å². The van der Waals surface area contributed by atoms with Crippen LogP contribution in [0.2, 0.25) is 0 Å². The van der Waals surface area contributed by atoms with Gasteiger partial charge in [0, 0.05) is 6.42 Å². The molecule has 7 heteroatoms. The van der Waals surface area contributed by atoms with Gasteiger partial charge in [-0.2, -0.15) is 18.2 Å². The van der Waals surface area contributed by atoms with Crippen molar-refractivity contribution in [3.63, 3.8) is 0 Å². The molecule has 2 rings (SSSR count). The topological polar surface area (TPSA) is 51.0 Å². The number of nitrogens with one attached hydrogen (secondary N) is 1. The normalized spacial score (nSPS) is 21.7. The summed E-state index contributed by atoms with van der Waals surface area (Å²) in [7, 11) is 0. The largest absolute Gasteiger partial charge is 0.389 e. The Labute approximate surface area is 96.6 Å². The highest BCUT2D eigenvalue weighted by molar-refractivity contribution is 4.94. The van der Waals surface area contributed by atoms with Gasteiger partial charge in [0.25, 0.3) is 0 Å². The van der Waals surface area contributed by atoms with Gasteiger partial charge < -0.3 is 9.84 Å². The third-order valence-electron chi connectivity index (χ3n) is 2.72. The zero-order chi connectivity index (χ0) is 12.3. The van der Waals surface area contributed by atoms with Gasteiger partial charge in [-0.05, 0) is 19.4 Å². The molecule has 17 heavy (non-hydrogen) atoms. The summed E-state index contributed by atoms with van der Waals surface area (Å²) in [5, 5.41) is 6.77. The molecule has 0 spiro atoms. The maximum atomic E-state index is 12.0. The van der Waals surface area contributed by atoms with E-state index in [0.29, 0.717) is 5.89 Å². The lowest BCUT2D eigenvalue weighted by molar-refractivity contribution is -0.134. The van der Waals surface area contributed by atoms with E-state index in [9.17, 15) is 13.2 Å². The van der Waals surface area contributed by atoms with Crippen molar-refractivity contribution in [3.8, 4) is 0 Å². The number of rotatable bonds is 3. The second kappa shape index (κ2) is 5.03. The molecule has 1 fully saturated rings. The van der Waals surface area contributed by atoms with E-state index in [0.717, 1.165) is 25.8 Å². The number of alkyl halides is 3. The van der Waals surface area contributed by atoms with E-state index in [1.807, 2.05) is 0 Å². The Morgan fingerprint density at radius 2 is 2.18 bits per heavy atom. The van der Waals surface area contributed by atoms with Crippen molar-refractivity contribution in [2.45, 2.75) is 44.3 Å². The first-order valence-corrected chi connectivity index (χ1v) is 5.67. The Morgan fingerprint density at radius 1 is 1.35 bits per heavy atom. The Bertz CT molecular complexity index is 358. The van der Waals surface area contributed by atoms with Gasteiger partial charge in [-0.3, -0.25) is 0 Å². The van der Waals surface area contributed by atoms with Crippen molar-refractivity contribution in [2.24, 2.45) is 0 Å². The van der Waals surface area contributed by atoms with Crippen LogP contribution in [0, 0.1) is 0 Å². The summed E-state index contributed by atoms with van der Waals surface area (Å²) in [6.07, 6.45) is -2.25. The van der Waals surface area contributed by atoms with Crippen molar-refractivity contribution in [1.82, 2.24) is 15.5 Å². The minimum atomic E-state index is -4.18. The highest BCUT2D eigenvalue weighted by Crippen LogP contribution is 2.23. The Hall–Kier alpha value is -1.11. The average molecular weight is 249 g/mol. The molecule has 0 aromatic carbocycles. The van der Waals surface area contributed by atoms with E-state index in [1.54, 1.807) is 0 Å². The summed E-state index contributed by atoms with van der Waals surface area (Å²) in [5.41, 5.74) is 0. The molecule has 2 heterocycles. The molecule has 4 nitrogen and oxygen atoms in total. The Balaban J connectivity index is 1.91. The molecule has 0 amide bonds. The zero-order valence-electron chi connectivity index (χ0n) is 9.26. The van der Waals surface area contributed by atoms with Crippen molar-refractivity contribution in [1.29, 1.82) is 0 Å². The minimum absolute atomic E-state index is 0.00381. The van der Waals surface area contributed by atoms with E-state index in [4.69, 9.17) is 4.52 Å². The number of halogens is 3. The first-order valence-electron chi connectivity index (χ1n) is 5.67. The number of piperidine rings is 1. The Morgan fingerprint density at radius 3 is 2.82 bits per heavy atom. The fourth-order valence-corrected chi connectivity index (χ4v) is 1.83. The second-order valence-corrected chi connectivity index (χ2v) is 4.17. The molecule has 1 saturated heterocycles. The van der Waals surface area contributed by atoms with E-state index < -0.39 is 12.6 Å². The van der Waals surface area contributed by atoms with Crippen LogP contribution in [-0.2, 0) is 6.42 Å². The van der Waals surface area contributed by atoms with Crippen molar-refractivity contribution >= 4 is 0 Å². The molecule has 1 aliphatic heterocycles. The first-order chi connectivity index (χ1) is 8.04. The number of nitrogens with zero attached hydrogens (tertiary/aromatic N) is 2. The van der Waals surface area contributed by atoms with E-state index in [1.165, 1.54) is 0 Å². The van der Waals surface area contributed by atoms with Gasteiger partial charge in [-0.1, -0.05) is 11.6 Å². The summed E-state index contributed by atoms with van der Waals surface area (Å²) in [5.74, 6) is 0.534. The SMILES string of the molecule is FC(F)(F)CCc1noc([C@@H]2CCCCN2)n1. The van der Waals surface area contributed by atoms with Gasteiger partial charge in [0.05, 0.1) is 12.5 Å².